The molecule has 40 heavy (non-hydrogen) atoms. The Hall–Kier alpha value is -1.17. The highest BCUT2D eigenvalue weighted by Gasteiger charge is 2.51. The van der Waals surface area contributed by atoms with Crippen LogP contribution >= 0.6 is 0 Å². The molecule has 1 N–H and O–H groups in total. The van der Waals surface area contributed by atoms with Crippen molar-refractivity contribution in [2.24, 2.45) is 32.5 Å². The molecule has 5 nitrogen and oxygen atoms in total. The van der Waals surface area contributed by atoms with E-state index in [0.29, 0.717) is 27.8 Å². The van der Waals surface area contributed by atoms with E-state index in [9.17, 15) is 18.6 Å². The third kappa shape index (κ3) is 6.57. The molecule has 9 rings (SSSR count). The molecule has 0 aromatic carbocycles. The largest absolute Gasteiger partial charge is 0.299 e. The Morgan fingerprint density at radius 3 is 0.950 bits per heavy atom. The Morgan fingerprint density at radius 1 is 0.525 bits per heavy atom. The molecule has 9 fully saturated rings. The number of rotatable bonds is 4. The monoisotopic (exact) mass is 575 g/mol. The van der Waals surface area contributed by atoms with E-state index in [1.807, 2.05) is 0 Å². The highest BCUT2D eigenvalue weighted by Crippen LogP contribution is 2.58. The first-order valence-corrected chi connectivity index (χ1v) is 18.2. The lowest BCUT2D eigenvalue weighted by atomic mass is 9.53. The van der Waals surface area contributed by atoms with Crippen molar-refractivity contribution in [2.75, 3.05) is 6.26 Å². The highest BCUT2D eigenvalue weighted by molar-refractivity contribution is 7.98. The van der Waals surface area contributed by atoms with E-state index in [0.717, 1.165) is 38.5 Å². The van der Waals surface area contributed by atoms with E-state index >= 15 is 0 Å². The predicted molar refractivity (Wildman–Crippen MR) is 165 cm³/mol. The summed E-state index contributed by atoms with van der Waals surface area (Å²) in [5.41, 5.74) is 1.65. The van der Waals surface area contributed by atoms with Gasteiger partial charge in [0.15, 0.2) is 0 Å². The first-order chi connectivity index (χ1) is 18.4. The van der Waals surface area contributed by atoms with Gasteiger partial charge in [-0.2, -0.15) is 0 Å². The van der Waals surface area contributed by atoms with Crippen LogP contribution in [0, 0.1) is 32.5 Å². The van der Waals surface area contributed by atoms with Crippen LogP contribution in [-0.2, 0) is 24.1 Å². The van der Waals surface area contributed by atoms with Gasteiger partial charge in [0.1, 0.15) is 11.6 Å². The molecule has 6 heteroatoms. The number of carbonyl (C=O) groups excluding carboxylic acids is 3. The van der Waals surface area contributed by atoms with Crippen LogP contribution in [0.15, 0.2) is 0 Å². The number of hydrogen-bond acceptors (Lipinski definition) is 4. The van der Waals surface area contributed by atoms with Crippen molar-refractivity contribution in [3.63, 3.8) is 0 Å². The Balaban J connectivity index is 0.000000141. The lowest BCUT2D eigenvalue weighted by molar-refractivity contribution is -0.138. The van der Waals surface area contributed by atoms with Gasteiger partial charge in [-0.05, 0) is 152 Å². The van der Waals surface area contributed by atoms with E-state index in [-0.39, 0.29) is 22.2 Å². The maximum atomic E-state index is 12.2. The molecule has 0 aromatic heterocycles. The van der Waals surface area contributed by atoms with E-state index in [4.69, 9.17) is 0 Å². The van der Waals surface area contributed by atoms with E-state index in [2.05, 4.69) is 31.4 Å². The van der Waals surface area contributed by atoms with Crippen molar-refractivity contribution >= 4 is 33.1 Å². The molecule has 0 aliphatic heterocycles. The molecule has 228 valence electrons. The number of carbonyl (C=O) groups is 3. The van der Waals surface area contributed by atoms with Crippen molar-refractivity contribution in [1.82, 2.24) is 4.72 Å². The molecule has 1 amide bonds. The predicted octanol–water partition coefficient (Wildman–Crippen LogP) is 7.60. The van der Waals surface area contributed by atoms with Gasteiger partial charge in [-0.25, -0.2) is 4.21 Å². The summed E-state index contributed by atoms with van der Waals surface area (Å²) in [7, 11) is -2.42. The van der Waals surface area contributed by atoms with Crippen molar-refractivity contribution in [3.8, 4) is 0 Å². The fourth-order valence-corrected chi connectivity index (χ4v) is 9.43. The summed E-state index contributed by atoms with van der Waals surface area (Å²) < 4.78 is 14.1. The summed E-state index contributed by atoms with van der Waals surface area (Å²) in [4.78, 5) is 35.1. The molecule has 0 heterocycles. The van der Waals surface area contributed by atoms with Crippen LogP contribution < -0.4 is 4.72 Å². The first kappa shape index (κ1) is 31.8. The lowest BCUT2D eigenvalue weighted by Crippen LogP contribution is -2.50. The smallest absolute Gasteiger partial charge is 0.237 e. The summed E-state index contributed by atoms with van der Waals surface area (Å²) in [6.45, 7) is 10.7. The van der Waals surface area contributed by atoms with E-state index in [1.54, 1.807) is 13.8 Å². The van der Waals surface area contributed by atoms with Crippen LogP contribution in [0.5, 0.6) is 0 Å². The van der Waals surface area contributed by atoms with Crippen LogP contribution in [0.4, 0.5) is 0 Å². The van der Waals surface area contributed by atoms with Gasteiger partial charge in [0.25, 0.3) is 0 Å². The summed E-state index contributed by atoms with van der Waals surface area (Å²) in [5.74, 6) is 4.36. The zero-order valence-electron chi connectivity index (χ0n) is 26.5. The minimum absolute atomic E-state index is 0.0308. The standard InChI is InChI=1S/C12H21NO2S.2C11H18O/c1-11-4-7-12(8-5-11,9-6-11)10(14)13-16(2,3)15;2*1-9(12)11-6-3-10(2,4-7-11)5-8-11/h2,4-9H2,1,3H3,(H,13,14,15);2*3-8H2,1-2H3. The topological polar surface area (TPSA) is 80.3 Å². The summed E-state index contributed by atoms with van der Waals surface area (Å²) in [5, 5.41) is 0. The molecule has 0 aromatic rings. The van der Waals surface area contributed by atoms with Gasteiger partial charge in [0.2, 0.25) is 5.91 Å². The Bertz CT molecular complexity index is 997. The molecule has 0 radical (unpaired) electrons. The SMILES string of the molecule is C=S(C)(=O)NC(=O)C12CCC(C)(CC1)CC2.CC(=O)C12CCC(C)(CC1)CC2.CC(=O)C12CCC(C)(CC1)CC2. The second-order valence-electron chi connectivity index (χ2n) is 16.3. The summed E-state index contributed by atoms with van der Waals surface area (Å²) in [6, 6.07) is 0. The number of nitrogens with one attached hydrogen (secondary N) is 1. The van der Waals surface area contributed by atoms with Gasteiger partial charge in [0, 0.05) is 26.8 Å². The van der Waals surface area contributed by atoms with Crippen molar-refractivity contribution in [1.29, 1.82) is 0 Å². The molecule has 6 bridgehead atoms. The third-order valence-electron chi connectivity index (χ3n) is 13.1. The quantitative estimate of drug-likeness (QED) is 0.350. The molecule has 9 aliphatic carbocycles. The van der Waals surface area contributed by atoms with Gasteiger partial charge in [-0.3, -0.25) is 19.1 Å². The van der Waals surface area contributed by atoms with Crippen molar-refractivity contribution in [2.45, 2.75) is 150 Å². The second kappa shape index (κ2) is 10.8. The van der Waals surface area contributed by atoms with E-state index < -0.39 is 9.71 Å². The molecule has 0 spiro atoms. The molecule has 1 atom stereocenters. The first-order valence-electron chi connectivity index (χ1n) is 16.0. The van der Waals surface area contributed by atoms with Crippen LogP contribution in [0.3, 0.4) is 0 Å². The molecule has 9 aliphatic rings. The average Bonchev–Trinajstić information content (AvgIpc) is 2.90. The Morgan fingerprint density at radius 2 is 0.750 bits per heavy atom. The number of Topliss-reactive ketones (excluding diaryl/α,β-unsaturated/α-hetero) is 2. The number of hydrogen-bond donors (Lipinski definition) is 1. The van der Waals surface area contributed by atoms with E-state index in [1.165, 1.54) is 83.3 Å². The maximum absolute atomic E-state index is 12.2. The number of ketones is 2. The Kier molecular flexibility index (Phi) is 8.60. The van der Waals surface area contributed by atoms with Crippen LogP contribution in [0.25, 0.3) is 0 Å². The van der Waals surface area contributed by atoms with Crippen molar-refractivity contribution < 1.29 is 18.6 Å². The molecular formula is C34H57NO4S. The Labute approximate surface area is 244 Å². The minimum atomic E-state index is -2.42. The zero-order valence-corrected chi connectivity index (χ0v) is 27.3. The maximum Gasteiger partial charge on any atom is 0.237 e. The minimum Gasteiger partial charge on any atom is -0.299 e. The normalized spacial score (nSPS) is 44.2. The summed E-state index contributed by atoms with van der Waals surface area (Å²) in [6.07, 6.45) is 22.4. The molecule has 9 saturated carbocycles. The van der Waals surface area contributed by atoms with Gasteiger partial charge >= 0.3 is 0 Å². The van der Waals surface area contributed by atoms with Crippen LogP contribution in [0.1, 0.15) is 150 Å². The van der Waals surface area contributed by atoms with Crippen LogP contribution in [0.2, 0.25) is 0 Å². The number of fused-ring (bicyclic) bond motifs is 9. The molecule has 1 unspecified atom stereocenters. The fraction of sp³-hybridized carbons (Fsp3) is 0.882. The highest BCUT2D eigenvalue weighted by atomic mass is 32.2. The van der Waals surface area contributed by atoms with Gasteiger partial charge in [-0.15, -0.1) is 0 Å². The zero-order chi connectivity index (χ0) is 29.7. The van der Waals surface area contributed by atoms with Crippen LogP contribution in [-0.4, -0.2) is 33.8 Å². The average molecular weight is 576 g/mol. The van der Waals surface area contributed by atoms with Gasteiger partial charge in [0.05, 0.1) is 5.41 Å². The molecule has 0 saturated heterocycles. The fourth-order valence-electron chi connectivity index (χ4n) is 8.82. The summed E-state index contributed by atoms with van der Waals surface area (Å²) >= 11 is 0. The second-order valence-corrected chi connectivity index (χ2v) is 18.5. The van der Waals surface area contributed by atoms with Gasteiger partial charge in [-0.1, -0.05) is 20.8 Å². The molecular weight excluding hydrogens is 518 g/mol. The van der Waals surface area contributed by atoms with Gasteiger partial charge < -0.3 is 0 Å². The lowest BCUT2D eigenvalue weighted by Gasteiger charge is -2.50. The number of amides is 1. The third-order valence-corrected chi connectivity index (χ3v) is 13.8. The van der Waals surface area contributed by atoms with Crippen molar-refractivity contribution in [3.05, 3.63) is 0 Å².